The molecule has 1 unspecified atom stereocenters. The van der Waals surface area contributed by atoms with Gasteiger partial charge in [-0.05, 0) is 38.3 Å². The number of aliphatic hydroxyl groups excluding tert-OH is 1. The van der Waals surface area contributed by atoms with Gasteiger partial charge < -0.3 is 10.4 Å². The molecular formula is C15H21NO2. The molecule has 0 radical (unpaired) electrons. The van der Waals surface area contributed by atoms with Crippen molar-refractivity contribution in [3.05, 3.63) is 41.5 Å². The number of hydrogen-bond acceptors (Lipinski definition) is 2. The van der Waals surface area contributed by atoms with Crippen molar-refractivity contribution in [3.63, 3.8) is 0 Å². The van der Waals surface area contributed by atoms with E-state index in [4.69, 9.17) is 5.11 Å². The lowest BCUT2D eigenvalue weighted by Gasteiger charge is -2.04. The molecule has 0 fully saturated rings. The van der Waals surface area contributed by atoms with Gasteiger partial charge in [-0.25, -0.2) is 0 Å². The Labute approximate surface area is 109 Å². The number of rotatable bonds is 6. The molecule has 0 aliphatic rings. The molecule has 1 atom stereocenters. The summed E-state index contributed by atoms with van der Waals surface area (Å²) in [7, 11) is 0. The minimum atomic E-state index is -0.301. The summed E-state index contributed by atoms with van der Waals surface area (Å²) < 4.78 is 0. The predicted molar refractivity (Wildman–Crippen MR) is 74.1 cm³/mol. The topological polar surface area (TPSA) is 49.3 Å². The third-order valence-corrected chi connectivity index (χ3v) is 2.57. The summed E-state index contributed by atoms with van der Waals surface area (Å²) in [4.78, 5) is 11.5. The van der Waals surface area contributed by atoms with E-state index in [1.54, 1.807) is 13.0 Å². The molecule has 0 aliphatic carbocycles. The summed E-state index contributed by atoms with van der Waals surface area (Å²) >= 11 is 0. The second-order valence-electron chi connectivity index (χ2n) is 4.53. The van der Waals surface area contributed by atoms with Crippen LogP contribution >= 0.6 is 0 Å². The average molecular weight is 247 g/mol. The van der Waals surface area contributed by atoms with Crippen molar-refractivity contribution in [1.29, 1.82) is 0 Å². The number of hydrogen-bond donors (Lipinski definition) is 2. The molecule has 1 aromatic rings. The second-order valence-corrected chi connectivity index (χ2v) is 4.53. The Morgan fingerprint density at radius 3 is 2.94 bits per heavy atom. The van der Waals surface area contributed by atoms with Crippen LogP contribution in [-0.2, 0) is 4.79 Å². The Morgan fingerprint density at radius 2 is 2.28 bits per heavy atom. The average Bonchev–Trinajstić information content (AvgIpc) is 2.32. The van der Waals surface area contributed by atoms with Crippen molar-refractivity contribution in [1.82, 2.24) is 5.32 Å². The van der Waals surface area contributed by atoms with E-state index in [9.17, 15) is 4.79 Å². The first kappa shape index (κ1) is 14.5. The van der Waals surface area contributed by atoms with E-state index in [-0.39, 0.29) is 12.0 Å². The van der Waals surface area contributed by atoms with Gasteiger partial charge in [0, 0.05) is 12.6 Å². The van der Waals surface area contributed by atoms with Crippen LogP contribution in [0.5, 0.6) is 0 Å². The molecule has 2 N–H and O–H groups in total. The molecule has 18 heavy (non-hydrogen) atoms. The smallest absolute Gasteiger partial charge is 0.243 e. The van der Waals surface area contributed by atoms with Crippen molar-refractivity contribution in [2.75, 3.05) is 6.54 Å². The maximum absolute atomic E-state index is 11.5. The van der Waals surface area contributed by atoms with E-state index >= 15 is 0 Å². The first-order valence-electron chi connectivity index (χ1n) is 6.28. The summed E-state index contributed by atoms with van der Waals surface area (Å²) in [6.07, 6.45) is 4.54. The highest BCUT2D eigenvalue weighted by atomic mass is 16.3. The molecular weight excluding hydrogens is 226 g/mol. The van der Waals surface area contributed by atoms with E-state index in [1.807, 2.05) is 31.2 Å². The fraction of sp³-hybridized carbons (Fsp3) is 0.400. The van der Waals surface area contributed by atoms with Crippen LogP contribution in [-0.4, -0.2) is 23.7 Å². The summed E-state index contributed by atoms with van der Waals surface area (Å²) in [5.41, 5.74) is 2.20. The highest BCUT2D eigenvalue weighted by molar-refractivity contribution is 5.91. The van der Waals surface area contributed by atoms with E-state index in [0.717, 1.165) is 12.0 Å². The summed E-state index contributed by atoms with van der Waals surface area (Å²) in [5, 5.41) is 11.9. The van der Waals surface area contributed by atoms with E-state index in [1.165, 1.54) is 11.6 Å². The third kappa shape index (κ3) is 6.21. The van der Waals surface area contributed by atoms with E-state index in [0.29, 0.717) is 13.0 Å². The van der Waals surface area contributed by atoms with Crippen LogP contribution in [0.3, 0.4) is 0 Å². The standard InChI is InChI=1S/C15H21NO2/c1-12-5-3-7-14(11-12)8-9-15(18)16-10-4-6-13(2)17/h3,5,7-9,11,13,17H,4,6,10H2,1-2H3,(H,16,18)/b9-8+. The number of amides is 1. The molecule has 1 rings (SSSR count). The SMILES string of the molecule is Cc1cccc(/C=C/C(=O)NCCCC(C)O)c1. The molecule has 0 heterocycles. The van der Waals surface area contributed by atoms with Crippen molar-refractivity contribution in [2.45, 2.75) is 32.8 Å². The normalized spacial score (nSPS) is 12.6. The van der Waals surface area contributed by atoms with Crippen molar-refractivity contribution in [3.8, 4) is 0 Å². The Balaban J connectivity index is 2.31. The van der Waals surface area contributed by atoms with Gasteiger partial charge in [-0.15, -0.1) is 0 Å². The van der Waals surface area contributed by atoms with Gasteiger partial charge in [0.2, 0.25) is 5.91 Å². The Morgan fingerprint density at radius 1 is 1.50 bits per heavy atom. The lowest BCUT2D eigenvalue weighted by atomic mass is 10.1. The summed E-state index contributed by atoms with van der Waals surface area (Å²) in [5.74, 6) is -0.0953. The van der Waals surface area contributed by atoms with E-state index in [2.05, 4.69) is 5.32 Å². The first-order valence-corrected chi connectivity index (χ1v) is 6.28. The fourth-order valence-corrected chi connectivity index (χ4v) is 1.61. The van der Waals surface area contributed by atoms with Crippen LogP contribution in [0.2, 0.25) is 0 Å². The molecule has 0 spiro atoms. The molecule has 3 nitrogen and oxygen atoms in total. The second kappa shape index (κ2) is 7.67. The number of carbonyl (C=O) groups is 1. The Bertz CT molecular complexity index is 411. The minimum absolute atomic E-state index is 0.0953. The van der Waals surface area contributed by atoms with Crippen LogP contribution in [0.15, 0.2) is 30.3 Å². The fourth-order valence-electron chi connectivity index (χ4n) is 1.61. The number of aryl methyl sites for hydroxylation is 1. The quantitative estimate of drug-likeness (QED) is 0.598. The zero-order valence-electron chi connectivity index (χ0n) is 11.0. The van der Waals surface area contributed by atoms with Gasteiger partial charge in [-0.3, -0.25) is 4.79 Å². The van der Waals surface area contributed by atoms with E-state index < -0.39 is 0 Å². The van der Waals surface area contributed by atoms with Crippen molar-refractivity contribution in [2.24, 2.45) is 0 Å². The van der Waals surface area contributed by atoms with Gasteiger partial charge >= 0.3 is 0 Å². The van der Waals surface area contributed by atoms with Crippen molar-refractivity contribution < 1.29 is 9.90 Å². The van der Waals surface area contributed by atoms with Gasteiger partial charge in [0.1, 0.15) is 0 Å². The molecule has 0 bridgehead atoms. The highest BCUT2D eigenvalue weighted by Crippen LogP contribution is 2.05. The van der Waals surface area contributed by atoms with Crippen LogP contribution in [0.25, 0.3) is 6.08 Å². The first-order chi connectivity index (χ1) is 8.58. The molecule has 0 saturated carbocycles. The number of aliphatic hydroxyl groups is 1. The van der Waals surface area contributed by atoms with Gasteiger partial charge in [0.15, 0.2) is 0 Å². The maximum atomic E-state index is 11.5. The largest absolute Gasteiger partial charge is 0.393 e. The van der Waals surface area contributed by atoms with Gasteiger partial charge in [0.25, 0.3) is 0 Å². The maximum Gasteiger partial charge on any atom is 0.243 e. The lowest BCUT2D eigenvalue weighted by molar-refractivity contribution is -0.116. The van der Waals surface area contributed by atoms with Crippen LogP contribution in [0, 0.1) is 6.92 Å². The third-order valence-electron chi connectivity index (χ3n) is 2.57. The molecule has 1 amide bonds. The molecule has 98 valence electrons. The molecule has 0 saturated heterocycles. The zero-order valence-corrected chi connectivity index (χ0v) is 11.0. The number of benzene rings is 1. The minimum Gasteiger partial charge on any atom is -0.393 e. The van der Waals surface area contributed by atoms with Crippen LogP contribution in [0.1, 0.15) is 30.9 Å². The lowest BCUT2D eigenvalue weighted by Crippen LogP contribution is -2.22. The molecule has 1 aromatic carbocycles. The number of carbonyl (C=O) groups excluding carboxylic acids is 1. The van der Waals surface area contributed by atoms with Crippen LogP contribution in [0.4, 0.5) is 0 Å². The van der Waals surface area contributed by atoms with Crippen molar-refractivity contribution >= 4 is 12.0 Å². The van der Waals surface area contributed by atoms with Gasteiger partial charge in [-0.2, -0.15) is 0 Å². The molecule has 0 aromatic heterocycles. The predicted octanol–water partition coefficient (Wildman–Crippen LogP) is 2.29. The summed E-state index contributed by atoms with van der Waals surface area (Å²) in [6, 6.07) is 7.98. The Hall–Kier alpha value is -1.61. The van der Waals surface area contributed by atoms with Gasteiger partial charge in [0.05, 0.1) is 6.10 Å². The molecule has 3 heteroatoms. The number of nitrogens with one attached hydrogen (secondary N) is 1. The molecule has 0 aliphatic heterocycles. The monoisotopic (exact) mass is 247 g/mol. The van der Waals surface area contributed by atoms with Crippen LogP contribution < -0.4 is 5.32 Å². The Kier molecular flexibility index (Phi) is 6.15. The highest BCUT2D eigenvalue weighted by Gasteiger charge is 1.97. The summed E-state index contributed by atoms with van der Waals surface area (Å²) in [6.45, 7) is 4.37. The van der Waals surface area contributed by atoms with Gasteiger partial charge in [-0.1, -0.05) is 29.8 Å². The zero-order chi connectivity index (χ0) is 13.4.